The van der Waals surface area contributed by atoms with E-state index < -0.39 is 17.7 Å². The maximum absolute atomic E-state index is 13.2. The van der Waals surface area contributed by atoms with E-state index in [0.717, 1.165) is 49.3 Å². The van der Waals surface area contributed by atoms with E-state index >= 15 is 0 Å². The van der Waals surface area contributed by atoms with E-state index in [1.807, 2.05) is 54.6 Å². The molecule has 4 aromatic rings. The quantitative estimate of drug-likeness (QED) is 0.199. The van der Waals surface area contributed by atoms with Crippen molar-refractivity contribution in [2.24, 2.45) is 5.92 Å². The number of nitrogens with one attached hydrogen (secondary N) is 1. The number of amides is 1. The lowest BCUT2D eigenvalue weighted by atomic mass is 9.80. The number of ether oxygens (including phenoxy) is 1. The van der Waals surface area contributed by atoms with Gasteiger partial charge in [-0.25, -0.2) is 0 Å². The molecule has 1 aliphatic heterocycles. The number of esters is 1. The third kappa shape index (κ3) is 7.29. The van der Waals surface area contributed by atoms with Crippen LogP contribution in [0.1, 0.15) is 40.2 Å². The first-order chi connectivity index (χ1) is 21.2. The Kier molecular flexibility index (Phi) is 9.65. The molecule has 0 saturated carbocycles. The number of benzene rings is 4. The number of alkyl halides is 3. The Morgan fingerprint density at radius 2 is 1.50 bits per heavy atom. The Bertz CT molecular complexity index is 1550. The van der Waals surface area contributed by atoms with Crippen molar-refractivity contribution in [3.05, 3.63) is 120 Å². The fraction of sp³-hybridized carbons (Fsp3) is 0.257. The zero-order valence-corrected chi connectivity index (χ0v) is 24.0. The van der Waals surface area contributed by atoms with Crippen molar-refractivity contribution in [1.82, 2.24) is 0 Å². The van der Waals surface area contributed by atoms with E-state index in [-0.39, 0.29) is 31.0 Å². The molecule has 2 N–H and O–H groups in total. The summed E-state index contributed by atoms with van der Waals surface area (Å²) in [6.07, 6.45) is -2.86. The molecule has 1 heterocycles. The fourth-order valence-electron chi connectivity index (χ4n) is 5.71. The van der Waals surface area contributed by atoms with Gasteiger partial charge in [-0.2, -0.15) is 13.2 Å². The molecule has 0 aromatic heterocycles. The smallest absolute Gasteiger partial charge is 0.416 e. The largest absolute Gasteiger partial charge is 0.463 e. The number of carbonyl (C=O) groups excluding carboxylic acids is 2. The summed E-state index contributed by atoms with van der Waals surface area (Å²) >= 11 is 0. The van der Waals surface area contributed by atoms with Gasteiger partial charge in [0.25, 0.3) is 5.91 Å². The van der Waals surface area contributed by atoms with E-state index in [0.29, 0.717) is 22.4 Å². The van der Waals surface area contributed by atoms with E-state index in [1.165, 1.54) is 12.1 Å². The van der Waals surface area contributed by atoms with Gasteiger partial charge in [-0.05, 0) is 77.9 Å². The maximum atomic E-state index is 13.2. The summed E-state index contributed by atoms with van der Waals surface area (Å²) in [6, 6.07) is 28.7. The molecule has 1 saturated heterocycles. The zero-order chi connectivity index (χ0) is 31.1. The van der Waals surface area contributed by atoms with Crippen molar-refractivity contribution in [3.8, 4) is 11.1 Å². The minimum absolute atomic E-state index is 0.0233. The highest BCUT2D eigenvalue weighted by Crippen LogP contribution is 2.36. The number of carbonyl (C=O) groups is 2. The van der Waals surface area contributed by atoms with Crippen molar-refractivity contribution in [3.63, 3.8) is 0 Å². The third-order valence-corrected chi connectivity index (χ3v) is 7.94. The van der Waals surface area contributed by atoms with E-state index in [2.05, 4.69) is 10.2 Å². The standard InChI is InChI=1S/C35H33F3N2O4/c36-35(37,38)27-12-10-24(11-13-27)30-8-4-5-9-31(30)33(42)39-28-14-16-29(17-15-28)40-20-18-26(19-21-40)32(34(43)44-23-22-41)25-6-2-1-3-7-25/h1-17,26,32,41H,18-23H2,(H,39,42). The fourth-order valence-corrected chi connectivity index (χ4v) is 5.71. The SMILES string of the molecule is O=C(Nc1ccc(N2CCC(C(C(=O)OCCO)c3ccccc3)CC2)cc1)c1ccccc1-c1ccc(C(F)(F)F)cc1. The van der Waals surface area contributed by atoms with Gasteiger partial charge in [0.2, 0.25) is 0 Å². The van der Waals surface area contributed by atoms with Crippen LogP contribution in [0.5, 0.6) is 0 Å². The summed E-state index contributed by atoms with van der Waals surface area (Å²) in [6.45, 7) is 1.25. The van der Waals surface area contributed by atoms with Crippen LogP contribution in [0.25, 0.3) is 11.1 Å². The minimum atomic E-state index is -4.43. The highest BCUT2D eigenvalue weighted by molar-refractivity contribution is 6.08. The van der Waals surface area contributed by atoms with Crippen LogP contribution in [0.3, 0.4) is 0 Å². The summed E-state index contributed by atoms with van der Waals surface area (Å²) in [5.41, 5.74) is 3.14. The normalized spacial score (nSPS) is 14.6. The van der Waals surface area contributed by atoms with Gasteiger partial charge in [0.1, 0.15) is 6.61 Å². The molecule has 6 nitrogen and oxygen atoms in total. The monoisotopic (exact) mass is 602 g/mol. The predicted molar refractivity (Wildman–Crippen MR) is 163 cm³/mol. The number of piperidine rings is 1. The summed E-state index contributed by atoms with van der Waals surface area (Å²) in [7, 11) is 0. The minimum Gasteiger partial charge on any atom is -0.463 e. The summed E-state index contributed by atoms with van der Waals surface area (Å²) in [4.78, 5) is 28.4. The van der Waals surface area contributed by atoms with Gasteiger partial charge in [-0.1, -0.05) is 60.7 Å². The predicted octanol–water partition coefficient (Wildman–Crippen LogP) is 7.16. The van der Waals surface area contributed by atoms with Gasteiger partial charge in [-0.15, -0.1) is 0 Å². The third-order valence-electron chi connectivity index (χ3n) is 7.94. The second kappa shape index (κ2) is 13.8. The number of hydrogen-bond donors (Lipinski definition) is 2. The van der Waals surface area contributed by atoms with Gasteiger partial charge in [0.15, 0.2) is 0 Å². The lowest BCUT2D eigenvalue weighted by Crippen LogP contribution is -2.37. The summed E-state index contributed by atoms with van der Waals surface area (Å²) in [5, 5.41) is 12.0. The van der Waals surface area contributed by atoms with E-state index in [1.54, 1.807) is 24.3 Å². The molecule has 0 radical (unpaired) electrons. The number of aliphatic hydroxyl groups is 1. The number of halogens is 3. The highest BCUT2D eigenvalue weighted by atomic mass is 19.4. The molecular weight excluding hydrogens is 569 g/mol. The molecule has 1 aliphatic rings. The molecule has 228 valence electrons. The van der Waals surface area contributed by atoms with E-state index in [9.17, 15) is 22.8 Å². The zero-order valence-electron chi connectivity index (χ0n) is 24.0. The van der Waals surface area contributed by atoms with Crippen LogP contribution in [-0.2, 0) is 15.7 Å². The van der Waals surface area contributed by atoms with Gasteiger partial charge in [0, 0.05) is 30.0 Å². The van der Waals surface area contributed by atoms with Gasteiger partial charge in [-0.3, -0.25) is 9.59 Å². The van der Waals surface area contributed by atoms with Crippen LogP contribution < -0.4 is 10.2 Å². The van der Waals surface area contributed by atoms with Crippen molar-refractivity contribution >= 4 is 23.3 Å². The average molecular weight is 603 g/mol. The Labute approximate surface area is 254 Å². The molecular formula is C35H33F3N2O4. The molecule has 1 atom stereocenters. The number of aliphatic hydroxyl groups excluding tert-OH is 1. The Balaban J connectivity index is 1.23. The molecule has 1 amide bonds. The van der Waals surface area contributed by atoms with Crippen LogP contribution in [0.2, 0.25) is 0 Å². The van der Waals surface area contributed by atoms with E-state index in [4.69, 9.17) is 9.84 Å². The number of anilines is 2. The molecule has 0 aliphatic carbocycles. The van der Waals surface area contributed by atoms with Gasteiger partial charge in [0.05, 0.1) is 18.1 Å². The molecule has 1 fully saturated rings. The van der Waals surface area contributed by atoms with Crippen LogP contribution in [0.15, 0.2) is 103 Å². The van der Waals surface area contributed by atoms with Crippen molar-refractivity contribution in [1.29, 1.82) is 0 Å². The van der Waals surface area contributed by atoms with Crippen molar-refractivity contribution in [2.75, 3.05) is 36.5 Å². The number of rotatable bonds is 9. The number of nitrogens with zero attached hydrogens (tertiary/aromatic N) is 1. The average Bonchev–Trinajstić information content (AvgIpc) is 3.05. The first-order valence-electron chi connectivity index (χ1n) is 14.5. The second-order valence-corrected chi connectivity index (χ2v) is 10.7. The molecule has 0 bridgehead atoms. The van der Waals surface area contributed by atoms with Gasteiger partial charge < -0.3 is 20.1 Å². The Morgan fingerprint density at radius 1 is 0.864 bits per heavy atom. The molecule has 44 heavy (non-hydrogen) atoms. The lowest BCUT2D eigenvalue weighted by Gasteiger charge is -2.36. The molecule has 1 unspecified atom stereocenters. The first-order valence-corrected chi connectivity index (χ1v) is 14.5. The van der Waals surface area contributed by atoms with Crippen LogP contribution >= 0.6 is 0 Å². The summed E-state index contributed by atoms with van der Waals surface area (Å²) in [5.74, 6) is -0.978. The molecule has 0 spiro atoms. The van der Waals surface area contributed by atoms with Crippen molar-refractivity contribution < 1.29 is 32.6 Å². The summed E-state index contributed by atoms with van der Waals surface area (Å²) < 4.78 is 44.3. The first kappa shape index (κ1) is 30.8. The van der Waals surface area contributed by atoms with Crippen molar-refractivity contribution in [2.45, 2.75) is 24.9 Å². The molecule has 4 aromatic carbocycles. The Hall–Kier alpha value is -4.63. The van der Waals surface area contributed by atoms with Gasteiger partial charge >= 0.3 is 12.1 Å². The highest BCUT2D eigenvalue weighted by Gasteiger charge is 2.34. The van der Waals surface area contributed by atoms with Crippen LogP contribution in [0.4, 0.5) is 24.5 Å². The molecule has 5 rings (SSSR count). The second-order valence-electron chi connectivity index (χ2n) is 10.7. The Morgan fingerprint density at radius 3 is 2.14 bits per heavy atom. The lowest BCUT2D eigenvalue weighted by molar-refractivity contribution is -0.148. The topological polar surface area (TPSA) is 78.9 Å². The number of hydrogen-bond acceptors (Lipinski definition) is 5. The molecule has 9 heteroatoms. The van der Waals surface area contributed by atoms with Crippen LogP contribution in [-0.4, -0.2) is 43.3 Å². The van der Waals surface area contributed by atoms with Crippen LogP contribution in [0, 0.1) is 5.92 Å². The maximum Gasteiger partial charge on any atom is 0.416 e.